The summed E-state index contributed by atoms with van der Waals surface area (Å²) < 4.78 is 33.7. The number of fused-ring (bicyclic) bond motifs is 1. The van der Waals surface area contributed by atoms with Crippen LogP contribution in [0.3, 0.4) is 0 Å². The van der Waals surface area contributed by atoms with E-state index in [9.17, 15) is 13.2 Å². The molecule has 172 valence electrons. The van der Waals surface area contributed by atoms with Crippen molar-refractivity contribution < 1.29 is 17.7 Å². The van der Waals surface area contributed by atoms with Gasteiger partial charge in [0, 0.05) is 37.8 Å². The average Bonchev–Trinajstić information content (AvgIpc) is 3.45. The molecule has 2 aliphatic heterocycles. The molecule has 1 aromatic heterocycles. The molecule has 0 unspecified atom stereocenters. The van der Waals surface area contributed by atoms with Crippen LogP contribution in [-0.4, -0.2) is 48.4 Å². The Morgan fingerprint density at radius 1 is 1.12 bits per heavy atom. The SMILES string of the molecule is Cc1nc(-c2ccc(C)c(S(=O)(=O)N3CCC[C@@H](C(=O)N4CCc5ccccc54)C3)c2)no1. The number of carbonyl (C=O) groups excluding carboxylic acids is 1. The van der Waals surface area contributed by atoms with Crippen molar-refractivity contribution in [3.05, 3.63) is 59.5 Å². The summed E-state index contributed by atoms with van der Waals surface area (Å²) in [5, 5.41) is 3.90. The zero-order valence-electron chi connectivity index (χ0n) is 18.7. The van der Waals surface area contributed by atoms with Gasteiger partial charge in [0.25, 0.3) is 0 Å². The Labute approximate surface area is 193 Å². The van der Waals surface area contributed by atoms with E-state index in [1.807, 2.05) is 29.2 Å². The summed E-state index contributed by atoms with van der Waals surface area (Å²) in [6.45, 7) is 4.68. The van der Waals surface area contributed by atoms with Crippen LogP contribution >= 0.6 is 0 Å². The van der Waals surface area contributed by atoms with Gasteiger partial charge in [-0.15, -0.1) is 0 Å². The average molecular weight is 467 g/mol. The van der Waals surface area contributed by atoms with Crippen LogP contribution < -0.4 is 4.90 Å². The van der Waals surface area contributed by atoms with Gasteiger partial charge in [0.05, 0.1) is 10.8 Å². The van der Waals surface area contributed by atoms with Crippen molar-refractivity contribution in [3.8, 4) is 11.4 Å². The summed E-state index contributed by atoms with van der Waals surface area (Å²) in [5.41, 5.74) is 3.33. The fourth-order valence-electron chi connectivity index (χ4n) is 4.72. The minimum Gasteiger partial charge on any atom is -0.339 e. The predicted molar refractivity (Wildman–Crippen MR) is 123 cm³/mol. The second-order valence-electron chi connectivity index (χ2n) is 8.69. The fraction of sp³-hybridized carbons (Fsp3) is 0.375. The molecule has 0 N–H and O–H groups in total. The lowest BCUT2D eigenvalue weighted by Gasteiger charge is -2.33. The van der Waals surface area contributed by atoms with E-state index in [-0.39, 0.29) is 23.3 Å². The Hall–Kier alpha value is -3.04. The molecule has 9 heteroatoms. The first-order chi connectivity index (χ1) is 15.8. The highest BCUT2D eigenvalue weighted by molar-refractivity contribution is 7.89. The van der Waals surface area contributed by atoms with E-state index >= 15 is 0 Å². The van der Waals surface area contributed by atoms with E-state index in [1.165, 1.54) is 4.31 Å². The van der Waals surface area contributed by atoms with Gasteiger partial charge in [0.15, 0.2) is 0 Å². The summed E-state index contributed by atoms with van der Waals surface area (Å²) in [4.78, 5) is 19.6. The van der Waals surface area contributed by atoms with E-state index in [1.54, 1.807) is 32.0 Å². The molecular formula is C24H26N4O4S. The number of nitrogens with zero attached hydrogens (tertiary/aromatic N) is 4. The number of para-hydroxylation sites is 1. The predicted octanol–water partition coefficient (Wildman–Crippen LogP) is 3.34. The Bertz CT molecular complexity index is 1320. The summed E-state index contributed by atoms with van der Waals surface area (Å²) in [5.74, 6) is 0.412. The van der Waals surface area contributed by atoms with Gasteiger partial charge in [0.2, 0.25) is 27.6 Å². The second-order valence-corrected chi connectivity index (χ2v) is 10.6. The Kier molecular flexibility index (Phi) is 5.54. The number of hydrogen-bond donors (Lipinski definition) is 0. The fourth-order valence-corrected chi connectivity index (χ4v) is 6.50. The number of benzene rings is 2. The van der Waals surface area contributed by atoms with Crippen molar-refractivity contribution in [2.75, 3.05) is 24.5 Å². The van der Waals surface area contributed by atoms with Gasteiger partial charge >= 0.3 is 0 Å². The molecule has 3 aromatic rings. The summed E-state index contributed by atoms with van der Waals surface area (Å²) in [6.07, 6.45) is 2.16. The van der Waals surface area contributed by atoms with Crippen molar-refractivity contribution in [3.63, 3.8) is 0 Å². The Balaban J connectivity index is 1.40. The minimum absolute atomic E-state index is 0.00703. The molecule has 1 atom stereocenters. The molecule has 2 aliphatic rings. The van der Waals surface area contributed by atoms with Crippen LogP contribution in [0.4, 0.5) is 5.69 Å². The third-order valence-electron chi connectivity index (χ3n) is 6.48. The summed E-state index contributed by atoms with van der Waals surface area (Å²) >= 11 is 0. The lowest BCUT2D eigenvalue weighted by atomic mass is 9.98. The topological polar surface area (TPSA) is 96.6 Å². The maximum atomic E-state index is 13.6. The maximum Gasteiger partial charge on any atom is 0.243 e. The van der Waals surface area contributed by atoms with E-state index < -0.39 is 10.0 Å². The molecule has 0 spiro atoms. The highest BCUT2D eigenvalue weighted by Gasteiger charge is 2.37. The standard InChI is InChI=1S/C24H26N4O4S/c1-16-9-10-19(23-25-17(2)32-26-23)14-22(16)33(30,31)27-12-5-7-20(15-27)24(29)28-13-11-18-6-3-4-8-21(18)28/h3-4,6,8-10,14,20H,5,7,11-13,15H2,1-2H3/t20-/m1/s1. The minimum atomic E-state index is -3.79. The summed E-state index contributed by atoms with van der Waals surface area (Å²) in [6, 6.07) is 13.1. The van der Waals surface area contributed by atoms with E-state index in [0.717, 1.165) is 17.7 Å². The molecule has 1 amide bonds. The molecule has 0 saturated carbocycles. The van der Waals surface area contributed by atoms with Crippen molar-refractivity contribution in [2.24, 2.45) is 5.92 Å². The molecule has 0 bridgehead atoms. The Morgan fingerprint density at radius 2 is 1.94 bits per heavy atom. The first kappa shape index (κ1) is 21.8. The third-order valence-corrected chi connectivity index (χ3v) is 8.49. The number of hydrogen-bond acceptors (Lipinski definition) is 6. The highest BCUT2D eigenvalue weighted by Crippen LogP contribution is 2.33. The molecular weight excluding hydrogens is 440 g/mol. The third kappa shape index (κ3) is 3.95. The van der Waals surface area contributed by atoms with E-state index in [4.69, 9.17) is 4.52 Å². The number of aromatic nitrogens is 2. The van der Waals surface area contributed by atoms with Crippen LogP contribution in [0.15, 0.2) is 51.9 Å². The summed E-state index contributed by atoms with van der Waals surface area (Å²) in [7, 11) is -3.79. The molecule has 2 aromatic carbocycles. The quantitative estimate of drug-likeness (QED) is 0.585. The number of sulfonamides is 1. The van der Waals surface area contributed by atoms with Gasteiger partial charge in [-0.2, -0.15) is 9.29 Å². The van der Waals surface area contributed by atoms with Gasteiger partial charge in [0.1, 0.15) is 0 Å². The van der Waals surface area contributed by atoms with Crippen LogP contribution in [-0.2, 0) is 21.2 Å². The lowest BCUT2D eigenvalue weighted by Crippen LogP contribution is -2.46. The first-order valence-corrected chi connectivity index (χ1v) is 12.6. The zero-order valence-corrected chi connectivity index (χ0v) is 19.5. The normalized spacial score (nSPS) is 19.0. The van der Waals surface area contributed by atoms with Crippen LogP contribution in [0, 0.1) is 19.8 Å². The van der Waals surface area contributed by atoms with Crippen molar-refractivity contribution >= 4 is 21.6 Å². The number of aryl methyl sites for hydroxylation is 2. The van der Waals surface area contributed by atoms with Crippen molar-refractivity contribution in [2.45, 2.75) is 38.0 Å². The largest absolute Gasteiger partial charge is 0.339 e. The van der Waals surface area contributed by atoms with Gasteiger partial charge < -0.3 is 9.42 Å². The highest BCUT2D eigenvalue weighted by atomic mass is 32.2. The van der Waals surface area contributed by atoms with Crippen LogP contribution in [0.5, 0.6) is 0 Å². The Morgan fingerprint density at radius 3 is 2.73 bits per heavy atom. The smallest absolute Gasteiger partial charge is 0.243 e. The second kappa shape index (κ2) is 8.39. The lowest BCUT2D eigenvalue weighted by molar-refractivity contribution is -0.123. The van der Waals surface area contributed by atoms with Crippen LogP contribution in [0.1, 0.15) is 29.9 Å². The van der Waals surface area contributed by atoms with Crippen molar-refractivity contribution in [1.29, 1.82) is 0 Å². The van der Waals surface area contributed by atoms with Gasteiger partial charge in [-0.25, -0.2) is 8.42 Å². The molecule has 1 saturated heterocycles. The molecule has 0 radical (unpaired) electrons. The maximum absolute atomic E-state index is 13.6. The molecule has 33 heavy (non-hydrogen) atoms. The molecule has 8 nitrogen and oxygen atoms in total. The molecule has 3 heterocycles. The van der Waals surface area contributed by atoms with E-state index in [0.29, 0.717) is 48.8 Å². The van der Waals surface area contributed by atoms with Crippen LogP contribution in [0.2, 0.25) is 0 Å². The number of anilines is 1. The molecule has 1 fully saturated rings. The van der Waals surface area contributed by atoms with E-state index in [2.05, 4.69) is 10.1 Å². The first-order valence-electron chi connectivity index (χ1n) is 11.2. The number of carbonyl (C=O) groups is 1. The molecule has 5 rings (SSSR count). The monoisotopic (exact) mass is 466 g/mol. The van der Waals surface area contributed by atoms with Gasteiger partial charge in [-0.3, -0.25) is 4.79 Å². The molecule has 0 aliphatic carbocycles. The van der Waals surface area contributed by atoms with Gasteiger partial charge in [-0.05, 0) is 49.4 Å². The van der Waals surface area contributed by atoms with Crippen molar-refractivity contribution in [1.82, 2.24) is 14.4 Å². The van der Waals surface area contributed by atoms with Gasteiger partial charge in [-0.1, -0.05) is 35.5 Å². The zero-order chi connectivity index (χ0) is 23.2. The number of rotatable bonds is 4. The number of amides is 1. The number of piperidine rings is 1. The van der Waals surface area contributed by atoms with Crippen LogP contribution in [0.25, 0.3) is 11.4 Å².